The van der Waals surface area contributed by atoms with E-state index < -0.39 is 0 Å². The third kappa shape index (κ3) is 3.05. The smallest absolute Gasteiger partial charge is 0.213 e. The Morgan fingerprint density at radius 3 is 3.06 bits per heavy atom. The van der Waals surface area contributed by atoms with Gasteiger partial charge in [0, 0.05) is 12.1 Å². The van der Waals surface area contributed by atoms with Crippen molar-refractivity contribution < 1.29 is 9.73 Å². The highest BCUT2D eigenvalue weighted by Gasteiger charge is 2.01. The van der Waals surface area contributed by atoms with Gasteiger partial charge in [-0.2, -0.15) is 4.98 Å². The van der Waals surface area contributed by atoms with Gasteiger partial charge in [-0.1, -0.05) is 28.5 Å². The number of aromatic nitrogens is 2. The van der Waals surface area contributed by atoms with Crippen molar-refractivity contribution in [1.29, 1.82) is 0 Å². The van der Waals surface area contributed by atoms with Gasteiger partial charge in [0.05, 0.1) is 6.54 Å². The van der Waals surface area contributed by atoms with Gasteiger partial charge in [0.25, 0.3) is 0 Å². The summed E-state index contributed by atoms with van der Waals surface area (Å²) in [5.74, 6) is 0.692. The van der Waals surface area contributed by atoms with E-state index in [9.17, 15) is 0 Å². The zero-order valence-corrected chi connectivity index (χ0v) is 9.58. The third-order valence-electron chi connectivity index (χ3n) is 2.35. The summed E-state index contributed by atoms with van der Waals surface area (Å²) in [4.78, 5) is 3.89. The van der Waals surface area contributed by atoms with Crippen molar-refractivity contribution >= 4 is 5.84 Å². The quantitative estimate of drug-likeness (QED) is 0.306. The van der Waals surface area contributed by atoms with E-state index in [-0.39, 0.29) is 5.84 Å². The summed E-state index contributed by atoms with van der Waals surface area (Å²) in [6.07, 6.45) is 1.29. The summed E-state index contributed by atoms with van der Waals surface area (Å²) < 4.78 is 4.62. The Morgan fingerprint density at radius 2 is 2.33 bits per heavy atom. The molecule has 4 N–H and O–H groups in total. The van der Waals surface area contributed by atoms with Crippen LogP contribution in [0.5, 0.6) is 0 Å². The highest BCUT2D eigenvalue weighted by atomic mass is 16.5. The molecule has 94 valence electrons. The second kappa shape index (κ2) is 5.78. The molecule has 7 nitrogen and oxygen atoms in total. The number of rotatable bonds is 5. The first-order chi connectivity index (χ1) is 8.79. The average molecular weight is 247 g/mol. The van der Waals surface area contributed by atoms with Crippen molar-refractivity contribution in [2.45, 2.75) is 13.1 Å². The standard InChI is InChI=1S/C11H13N5O2/c12-11(15-17)9-3-1-2-8(4-9)5-13-6-10-14-7-18-16-10/h1-4,7,13,17H,5-6H2,(H2,12,15). The van der Waals surface area contributed by atoms with Crippen LogP contribution in [0.3, 0.4) is 0 Å². The molecule has 0 aliphatic heterocycles. The number of nitrogens with one attached hydrogen (secondary N) is 1. The molecule has 0 radical (unpaired) electrons. The first-order valence-electron chi connectivity index (χ1n) is 5.32. The Bertz CT molecular complexity index is 524. The minimum Gasteiger partial charge on any atom is -0.409 e. The normalized spacial score (nSPS) is 11.7. The number of hydrogen-bond acceptors (Lipinski definition) is 6. The fourth-order valence-electron chi connectivity index (χ4n) is 1.49. The van der Waals surface area contributed by atoms with Crippen LogP contribution in [0.1, 0.15) is 17.0 Å². The summed E-state index contributed by atoms with van der Waals surface area (Å²) >= 11 is 0. The average Bonchev–Trinajstić information content (AvgIpc) is 2.91. The molecule has 0 saturated heterocycles. The first-order valence-corrected chi connectivity index (χ1v) is 5.32. The second-order valence-corrected chi connectivity index (χ2v) is 3.64. The van der Waals surface area contributed by atoms with Gasteiger partial charge >= 0.3 is 0 Å². The van der Waals surface area contributed by atoms with Crippen molar-refractivity contribution in [3.05, 3.63) is 47.6 Å². The Kier molecular flexibility index (Phi) is 3.87. The Balaban J connectivity index is 1.93. The molecule has 0 saturated carbocycles. The van der Waals surface area contributed by atoms with Crippen LogP contribution in [-0.4, -0.2) is 21.2 Å². The van der Waals surface area contributed by atoms with Crippen molar-refractivity contribution in [3.63, 3.8) is 0 Å². The maximum Gasteiger partial charge on any atom is 0.213 e. The van der Waals surface area contributed by atoms with Crippen molar-refractivity contribution in [2.75, 3.05) is 0 Å². The molecule has 0 bridgehead atoms. The minimum atomic E-state index is 0.0926. The fraction of sp³-hybridized carbons (Fsp3) is 0.182. The molecule has 0 atom stereocenters. The monoisotopic (exact) mass is 247 g/mol. The molecule has 0 amide bonds. The van der Waals surface area contributed by atoms with E-state index in [1.807, 2.05) is 18.2 Å². The summed E-state index contributed by atoms with van der Waals surface area (Å²) in [7, 11) is 0. The zero-order chi connectivity index (χ0) is 12.8. The van der Waals surface area contributed by atoms with E-state index in [4.69, 9.17) is 10.9 Å². The lowest BCUT2D eigenvalue weighted by Gasteiger charge is -2.04. The number of oxime groups is 1. The van der Waals surface area contributed by atoms with Crippen molar-refractivity contribution in [3.8, 4) is 0 Å². The lowest BCUT2D eigenvalue weighted by molar-refractivity contribution is 0.318. The molecule has 2 aromatic rings. The van der Waals surface area contributed by atoms with Crippen molar-refractivity contribution in [1.82, 2.24) is 15.5 Å². The van der Waals surface area contributed by atoms with Gasteiger partial charge in [0.1, 0.15) is 0 Å². The van der Waals surface area contributed by atoms with Crippen LogP contribution in [0, 0.1) is 0 Å². The highest BCUT2D eigenvalue weighted by Crippen LogP contribution is 2.05. The largest absolute Gasteiger partial charge is 0.409 e. The summed E-state index contributed by atoms with van der Waals surface area (Å²) in [6.45, 7) is 1.14. The maximum absolute atomic E-state index is 8.60. The SMILES string of the molecule is N/C(=N/O)c1cccc(CNCc2ncon2)c1. The molecular weight excluding hydrogens is 234 g/mol. The predicted molar refractivity (Wildman–Crippen MR) is 63.8 cm³/mol. The maximum atomic E-state index is 8.60. The Morgan fingerprint density at radius 1 is 1.44 bits per heavy atom. The Labute approximate surface area is 103 Å². The molecule has 0 aliphatic rings. The highest BCUT2D eigenvalue weighted by molar-refractivity contribution is 5.97. The number of benzene rings is 1. The van der Waals surface area contributed by atoms with E-state index in [0.717, 1.165) is 5.56 Å². The van der Waals surface area contributed by atoms with Gasteiger partial charge in [0.15, 0.2) is 11.7 Å². The number of hydrogen-bond donors (Lipinski definition) is 3. The van der Waals surface area contributed by atoms with E-state index in [0.29, 0.717) is 24.5 Å². The first kappa shape index (κ1) is 12.1. The molecule has 7 heteroatoms. The molecule has 0 spiro atoms. The number of nitrogens with zero attached hydrogens (tertiary/aromatic N) is 3. The third-order valence-corrected chi connectivity index (χ3v) is 2.35. The summed E-state index contributed by atoms with van der Waals surface area (Å²) in [5, 5.41) is 18.4. The van der Waals surface area contributed by atoms with Gasteiger partial charge in [-0.05, 0) is 11.6 Å². The topological polar surface area (TPSA) is 110 Å². The molecule has 0 aliphatic carbocycles. The molecule has 1 aromatic heterocycles. The van der Waals surface area contributed by atoms with Crippen LogP contribution in [0.4, 0.5) is 0 Å². The number of nitrogens with two attached hydrogens (primary N) is 1. The molecule has 0 fully saturated rings. The second-order valence-electron chi connectivity index (χ2n) is 3.64. The molecule has 1 heterocycles. The van der Waals surface area contributed by atoms with Crippen LogP contribution < -0.4 is 11.1 Å². The van der Waals surface area contributed by atoms with Gasteiger partial charge < -0.3 is 20.8 Å². The van der Waals surface area contributed by atoms with E-state index in [1.165, 1.54) is 6.39 Å². The van der Waals surface area contributed by atoms with Gasteiger partial charge in [0.2, 0.25) is 6.39 Å². The van der Waals surface area contributed by atoms with Gasteiger partial charge in [-0.15, -0.1) is 0 Å². The van der Waals surface area contributed by atoms with Crippen LogP contribution in [0.15, 0.2) is 40.3 Å². The van der Waals surface area contributed by atoms with E-state index in [1.54, 1.807) is 6.07 Å². The summed E-state index contributed by atoms with van der Waals surface area (Å²) in [5.41, 5.74) is 7.21. The van der Waals surface area contributed by atoms with Crippen LogP contribution in [0.25, 0.3) is 0 Å². The van der Waals surface area contributed by atoms with E-state index >= 15 is 0 Å². The molecule has 0 unspecified atom stereocenters. The Hall–Kier alpha value is -2.41. The predicted octanol–water partition coefficient (Wildman–Crippen LogP) is 0.454. The minimum absolute atomic E-state index is 0.0926. The molecule has 1 aromatic carbocycles. The lowest BCUT2D eigenvalue weighted by Crippen LogP contribution is -2.16. The van der Waals surface area contributed by atoms with Gasteiger partial charge in [-0.25, -0.2) is 0 Å². The van der Waals surface area contributed by atoms with Crippen molar-refractivity contribution in [2.24, 2.45) is 10.9 Å². The van der Waals surface area contributed by atoms with E-state index in [2.05, 4.69) is 25.1 Å². The zero-order valence-electron chi connectivity index (χ0n) is 9.58. The van der Waals surface area contributed by atoms with Gasteiger partial charge in [-0.3, -0.25) is 0 Å². The molecule has 2 rings (SSSR count). The molecule has 18 heavy (non-hydrogen) atoms. The fourth-order valence-corrected chi connectivity index (χ4v) is 1.49. The van der Waals surface area contributed by atoms with Crippen LogP contribution in [-0.2, 0) is 13.1 Å². The lowest BCUT2D eigenvalue weighted by atomic mass is 10.1. The summed E-state index contributed by atoms with van der Waals surface area (Å²) in [6, 6.07) is 7.41. The number of amidine groups is 1. The van der Waals surface area contributed by atoms with Crippen LogP contribution in [0.2, 0.25) is 0 Å². The van der Waals surface area contributed by atoms with Crippen LogP contribution >= 0.6 is 0 Å². The molecular formula is C11H13N5O2.